The molecule has 0 bridgehead atoms. The number of nitrogens with one attached hydrogen (secondary N) is 1. The van der Waals surface area contributed by atoms with Gasteiger partial charge in [0, 0.05) is 5.69 Å². The fourth-order valence-electron chi connectivity index (χ4n) is 1.78. The summed E-state index contributed by atoms with van der Waals surface area (Å²) in [6.45, 7) is 6.45. The van der Waals surface area contributed by atoms with Crippen molar-refractivity contribution in [1.29, 1.82) is 0 Å². The van der Waals surface area contributed by atoms with Crippen molar-refractivity contribution in [3.05, 3.63) is 58.9 Å². The number of amides is 1. The van der Waals surface area contributed by atoms with E-state index in [1.54, 1.807) is 18.2 Å². The van der Waals surface area contributed by atoms with Crippen LogP contribution in [-0.4, -0.2) is 10.9 Å². The smallest absolute Gasteiger partial charge is 0.274 e. The Kier molecular flexibility index (Phi) is 4.09. The first kappa shape index (κ1) is 14.5. The lowest BCUT2D eigenvalue weighted by Crippen LogP contribution is -2.14. The van der Waals surface area contributed by atoms with Gasteiger partial charge >= 0.3 is 0 Å². The van der Waals surface area contributed by atoms with Gasteiger partial charge in [-0.1, -0.05) is 50.6 Å². The van der Waals surface area contributed by atoms with E-state index in [2.05, 4.69) is 31.1 Å². The summed E-state index contributed by atoms with van der Waals surface area (Å²) in [5.41, 5.74) is 2.36. The van der Waals surface area contributed by atoms with Crippen molar-refractivity contribution in [2.45, 2.75) is 26.2 Å². The molecule has 0 spiro atoms. The fourth-order valence-corrected chi connectivity index (χ4v) is 1.95. The van der Waals surface area contributed by atoms with Gasteiger partial charge in [0.15, 0.2) is 0 Å². The van der Waals surface area contributed by atoms with Crippen molar-refractivity contribution < 1.29 is 4.79 Å². The molecule has 1 aromatic carbocycles. The molecule has 3 nitrogen and oxygen atoms in total. The van der Waals surface area contributed by atoms with Crippen molar-refractivity contribution in [2.75, 3.05) is 5.32 Å². The van der Waals surface area contributed by atoms with Crippen LogP contribution in [-0.2, 0) is 5.41 Å². The van der Waals surface area contributed by atoms with E-state index in [9.17, 15) is 4.79 Å². The molecule has 0 aliphatic carbocycles. The summed E-state index contributed by atoms with van der Waals surface area (Å²) in [6, 6.07) is 12.8. The topological polar surface area (TPSA) is 42.0 Å². The molecular weight excluding hydrogens is 272 g/mol. The Hall–Kier alpha value is -1.87. The average Bonchev–Trinajstić information content (AvgIpc) is 2.38. The van der Waals surface area contributed by atoms with Crippen LogP contribution >= 0.6 is 11.6 Å². The van der Waals surface area contributed by atoms with Gasteiger partial charge in [0.2, 0.25) is 0 Å². The number of halogens is 1. The number of benzene rings is 1. The minimum Gasteiger partial charge on any atom is -0.321 e. The minimum atomic E-state index is -0.268. The van der Waals surface area contributed by atoms with Gasteiger partial charge < -0.3 is 5.32 Å². The molecule has 1 aromatic heterocycles. The lowest BCUT2D eigenvalue weighted by Gasteiger charge is -2.19. The van der Waals surface area contributed by atoms with Crippen LogP contribution in [0.1, 0.15) is 36.8 Å². The molecule has 0 unspecified atom stereocenters. The van der Waals surface area contributed by atoms with Crippen LogP contribution in [0.15, 0.2) is 42.5 Å². The van der Waals surface area contributed by atoms with E-state index < -0.39 is 0 Å². The summed E-state index contributed by atoms with van der Waals surface area (Å²) in [4.78, 5) is 16.0. The van der Waals surface area contributed by atoms with Gasteiger partial charge in [-0.05, 0) is 35.2 Å². The zero-order chi connectivity index (χ0) is 14.8. The number of hydrogen-bond acceptors (Lipinski definition) is 2. The number of aromatic nitrogens is 1. The second-order valence-electron chi connectivity index (χ2n) is 5.63. The first-order valence-corrected chi connectivity index (χ1v) is 6.78. The maximum absolute atomic E-state index is 12.0. The van der Waals surface area contributed by atoms with Crippen molar-refractivity contribution in [1.82, 2.24) is 4.98 Å². The van der Waals surface area contributed by atoms with Crippen LogP contribution in [0.5, 0.6) is 0 Å². The quantitative estimate of drug-likeness (QED) is 0.838. The highest BCUT2D eigenvalue weighted by Gasteiger charge is 2.13. The molecule has 20 heavy (non-hydrogen) atoms. The molecule has 0 atom stereocenters. The third-order valence-corrected chi connectivity index (χ3v) is 3.17. The van der Waals surface area contributed by atoms with Crippen molar-refractivity contribution in [3.63, 3.8) is 0 Å². The van der Waals surface area contributed by atoms with Gasteiger partial charge in [-0.15, -0.1) is 0 Å². The van der Waals surface area contributed by atoms with Gasteiger partial charge in [-0.2, -0.15) is 0 Å². The zero-order valence-corrected chi connectivity index (χ0v) is 12.5. The van der Waals surface area contributed by atoms with E-state index in [0.717, 1.165) is 5.69 Å². The summed E-state index contributed by atoms with van der Waals surface area (Å²) in [6.07, 6.45) is 0. The second kappa shape index (κ2) is 5.63. The standard InChI is InChI=1S/C16H17ClN2O/c1-16(2,3)11-7-9-12(10-8-11)18-15(20)13-5-4-6-14(17)19-13/h4-10H,1-3H3,(H,18,20). The number of pyridine rings is 1. The molecule has 0 radical (unpaired) electrons. The Balaban J connectivity index is 2.12. The van der Waals surface area contributed by atoms with Gasteiger partial charge in [0.1, 0.15) is 10.8 Å². The highest BCUT2D eigenvalue weighted by molar-refractivity contribution is 6.29. The fraction of sp³-hybridized carbons (Fsp3) is 0.250. The molecular formula is C16H17ClN2O. The molecule has 2 aromatic rings. The van der Waals surface area contributed by atoms with Crippen LogP contribution in [0.3, 0.4) is 0 Å². The van der Waals surface area contributed by atoms with Gasteiger partial charge in [0.25, 0.3) is 5.91 Å². The third kappa shape index (κ3) is 3.58. The number of nitrogens with zero attached hydrogens (tertiary/aromatic N) is 1. The van der Waals surface area contributed by atoms with E-state index in [0.29, 0.717) is 10.8 Å². The maximum atomic E-state index is 12.0. The monoisotopic (exact) mass is 288 g/mol. The molecule has 104 valence electrons. The van der Waals surface area contributed by atoms with Gasteiger partial charge in [-0.25, -0.2) is 4.98 Å². The van der Waals surface area contributed by atoms with Crippen molar-refractivity contribution in [2.24, 2.45) is 0 Å². The SMILES string of the molecule is CC(C)(C)c1ccc(NC(=O)c2cccc(Cl)n2)cc1. The first-order valence-electron chi connectivity index (χ1n) is 6.41. The van der Waals surface area contributed by atoms with Gasteiger partial charge in [-0.3, -0.25) is 4.79 Å². The summed E-state index contributed by atoms with van der Waals surface area (Å²) in [5, 5.41) is 3.11. The summed E-state index contributed by atoms with van der Waals surface area (Å²) in [7, 11) is 0. The van der Waals surface area contributed by atoms with Crippen LogP contribution < -0.4 is 5.32 Å². The molecule has 0 fully saturated rings. The second-order valence-corrected chi connectivity index (χ2v) is 6.01. The third-order valence-electron chi connectivity index (χ3n) is 2.96. The predicted molar refractivity (Wildman–Crippen MR) is 82.3 cm³/mol. The Labute approximate surface area is 124 Å². The highest BCUT2D eigenvalue weighted by Crippen LogP contribution is 2.23. The molecule has 1 amide bonds. The molecule has 1 heterocycles. The largest absolute Gasteiger partial charge is 0.321 e. The van der Waals surface area contributed by atoms with Crippen LogP contribution in [0.25, 0.3) is 0 Å². The highest BCUT2D eigenvalue weighted by atomic mass is 35.5. The predicted octanol–water partition coefficient (Wildman–Crippen LogP) is 4.28. The first-order chi connectivity index (χ1) is 9.36. The van der Waals surface area contributed by atoms with Crippen molar-refractivity contribution >= 4 is 23.2 Å². The number of carbonyl (C=O) groups excluding carboxylic acids is 1. The van der Waals surface area contributed by atoms with Crippen LogP contribution in [0, 0.1) is 0 Å². The Bertz CT molecular complexity index is 615. The summed E-state index contributed by atoms with van der Waals surface area (Å²) < 4.78 is 0. The maximum Gasteiger partial charge on any atom is 0.274 e. The average molecular weight is 289 g/mol. The molecule has 0 saturated heterocycles. The van der Waals surface area contributed by atoms with E-state index in [1.165, 1.54) is 5.56 Å². The lowest BCUT2D eigenvalue weighted by molar-refractivity contribution is 0.102. The number of rotatable bonds is 2. The number of anilines is 1. The minimum absolute atomic E-state index is 0.0943. The summed E-state index contributed by atoms with van der Waals surface area (Å²) in [5.74, 6) is -0.268. The Morgan fingerprint density at radius 1 is 1.10 bits per heavy atom. The van der Waals surface area contributed by atoms with E-state index in [-0.39, 0.29) is 11.3 Å². The normalized spacial score (nSPS) is 11.2. The Morgan fingerprint density at radius 2 is 1.75 bits per heavy atom. The van der Waals surface area contributed by atoms with E-state index in [4.69, 9.17) is 11.6 Å². The molecule has 2 rings (SSSR count). The van der Waals surface area contributed by atoms with Crippen LogP contribution in [0.2, 0.25) is 5.15 Å². The summed E-state index contributed by atoms with van der Waals surface area (Å²) >= 11 is 5.77. The zero-order valence-electron chi connectivity index (χ0n) is 11.8. The molecule has 0 aliphatic heterocycles. The lowest BCUT2D eigenvalue weighted by atomic mass is 9.87. The molecule has 4 heteroatoms. The number of hydrogen-bond donors (Lipinski definition) is 1. The van der Waals surface area contributed by atoms with Crippen molar-refractivity contribution in [3.8, 4) is 0 Å². The van der Waals surface area contributed by atoms with Crippen LogP contribution in [0.4, 0.5) is 5.69 Å². The van der Waals surface area contributed by atoms with E-state index in [1.807, 2.05) is 24.3 Å². The molecule has 1 N–H and O–H groups in total. The van der Waals surface area contributed by atoms with E-state index >= 15 is 0 Å². The molecule has 0 aliphatic rings. The number of carbonyl (C=O) groups is 1. The molecule has 0 saturated carbocycles. The van der Waals surface area contributed by atoms with Gasteiger partial charge in [0.05, 0.1) is 0 Å². The Morgan fingerprint density at radius 3 is 2.30 bits per heavy atom.